The van der Waals surface area contributed by atoms with Crippen molar-refractivity contribution >= 4 is 34.8 Å². The highest BCUT2D eigenvalue weighted by Crippen LogP contribution is 2.29. The van der Waals surface area contributed by atoms with Gasteiger partial charge in [-0.15, -0.1) is 0 Å². The molecule has 104 valence electrons. The van der Waals surface area contributed by atoms with Crippen LogP contribution in [0.25, 0.3) is 0 Å². The first-order chi connectivity index (χ1) is 8.87. The molecule has 0 aromatic heterocycles. The summed E-state index contributed by atoms with van der Waals surface area (Å²) >= 11 is 12.0. The lowest BCUT2D eigenvalue weighted by Gasteiger charge is -2.18. The normalized spacial score (nSPS) is 23.6. The molecule has 2 rings (SSSR count). The van der Waals surface area contributed by atoms with Gasteiger partial charge >= 0.3 is 0 Å². The van der Waals surface area contributed by atoms with Crippen LogP contribution in [0.1, 0.15) is 13.3 Å². The molecule has 1 aromatic rings. The number of anilines is 1. The van der Waals surface area contributed by atoms with Crippen LogP contribution in [0.2, 0.25) is 10.0 Å². The average Bonchev–Trinajstić information content (AvgIpc) is 2.63. The molecule has 0 bridgehead atoms. The maximum Gasteiger partial charge on any atom is 0.238 e. The first kappa shape index (κ1) is 14.6. The molecule has 1 aromatic carbocycles. The standard InChI is InChI=1S/C13H16Cl2N2O2/c1-13(19)5-6-17(8-13)7-11(18)16-12-9(14)3-2-4-10(12)15/h2-4,19H,5-8H2,1H3,(H,16,18). The van der Waals surface area contributed by atoms with Gasteiger partial charge in [-0.3, -0.25) is 9.69 Å². The molecule has 1 atom stereocenters. The Kier molecular flexibility index (Phi) is 4.36. The highest BCUT2D eigenvalue weighted by Gasteiger charge is 2.32. The van der Waals surface area contributed by atoms with Crippen molar-refractivity contribution in [2.24, 2.45) is 0 Å². The number of nitrogens with one attached hydrogen (secondary N) is 1. The number of para-hydroxylation sites is 1. The van der Waals surface area contributed by atoms with E-state index in [0.29, 0.717) is 35.2 Å². The summed E-state index contributed by atoms with van der Waals surface area (Å²) in [6.07, 6.45) is 0.674. The van der Waals surface area contributed by atoms with Crippen molar-refractivity contribution in [1.29, 1.82) is 0 Å². The first-order valence-corrected chi connectivity index (χ1v) is 6.81. The number of β-amino-alcohol motifs (C(OH)–C–C–N with tert-alkyl or cyclic N) is 1. The second kappa shape index (κ2) is 5.67. The molecule has 4 nitrogen and oxygen atoms in total. The number of aliphatic hydroxyl groups is 1. The third-order valence-corrected chi connectivity index (χ3v) is 3.76. The monoisotopic (exact) mass is 302 g/mol. The molecular formula is C13H16Cl2N2O2. The number of benzene rings is 1. The minimum absolute atomic E-state index is 0.187. The summed E-state index contributed by atoms with van der Waals surface area (Å²) in [7, 11) is 0. The second-order valence-electron chi connectivity index (χ2n) is 5.10. The summed E-state index contributed by atoms with van der Waals surface area (Å²) in [4.78, 5) is 13.8. The van der Waals surface area contributed by atoms with Gasteiger partial charge in [-0.2, -0.15) is 0 Å². The van der Waals surface area contributed by atoms with Crippen LogP contribution in [-0.4, -0.2) is 41.1 Å². The van der Waals surface area contributed by atoms with E-state index in [-0.39, 0.29) is 12.5 Å². The quantitative estimate of drug-likeness (QED) is 0.901. The predicted octanol–water partition coefficient (Wildman–Crippen LogP) is 2.39. The molecule has 6 heteroatoms. The van der Waals surface area contributed by atoms with E-state index >= 15 is 0 Å². The van der Waals surface area contributed by atoms with E-state index < -0.39 is 5.60 Å². The van der Waals surface area contributed by atoms with Gasteiger partial charge in [0.25, 0.3) is 0 Å². The minimum Gasteiger partial charge on any atom is -0.389 e. The van der Waals surface area contributed by atoms with Gasteiger partial charge in [0.15, 0.2) is 0 Å². The van der Waals surface area contributed by atoms with Crippen molar-refractivity contribution in [3.05, 3.63) is 28.2 Å². The SMILES string of the molecule is CC1(O)CCN(CC(=O)Nc2c(Cl)cccc2Cl)C1. The van der Waals surface area contributed by atoms with Crippen LogP contribution in [0.15, 0.2) is 18.2 Å². The molecule has 0 spiro atoms. The van der Waals surface area contributed by atoms with Crippen LogP contribution < -0.4 is 5.32 Å². The average molecular weight is 303 g/mol. The zero-order valence-corrected chi connectivity index (χ0v) is 12.1. The fourth-order valence-corrected chi connectivity index (χ4v) is 2.66. The molecule has 0 saturated carbocycles. The van der Waals surface area contributed by atoms with Crippen molar-refractivity contribution in [3.63, 3.8) is 0 Å². The topological polar surface area (TPSA) is 52.6 Å². The Morgan fingerprint density at radius 1 is 1.47 bits per heavy atom. The van der Waals surface area contributed by atoms with E-state index in [4.69, 9.17) is 23.2 Å². The van der Waals surface area contributed by atoms with Crippen LogP contribution in [0, 0.1) is 0 Å². The molecule has 2 N–H and O–H groups in total. The number of carbonyl (C=O) groups is 1. The predicted molar refractivity (Wildman–Crippen MR) is 76.8 cm³/mol. The molecule has 1 amide bonds. The van der Waals surface area contributed by atoms with Crippen molar-refractivity contribution in [2.75, 3.05) is 25.0 Å². The van der Waals surface area contributed by atoms with E-state index in [1.807, 2.05) is 4.90 Å². The van der Waals surface area contributed by atoms with Gasteiger partial charge in [0.05, 0.1) is 27.9 Å². The largest absolute Gasteiger partial charge is 0.389 e. The lowest BCUT2D eigenvalue weighted by Crippen LogP contribution is -2.35. The Morgan fingerprint density at radius 2 is 2.11 bits per heavy atom. The molecule has 1 fully saturated rings. The molecule has 1 unspecified atom stereocenters. The minimum atomic E-state index is -0.706. The second-order valence-corrected chi connectivity index (χ2v) is 5.92. The third-order valence-electron chi connectivity index (χ3n) is 3.13. The molecule has 19 heavy (non-hydrogen) atoms. The molecule has 1 saturated heterocycles. The number of amides is 1. The summed E-state index contributed by atoms with van der Waals surface area (Å²) in [5, 5.41) is 13.4. The van der Waals surface area contributed by atoms with Crippen molar-refractivity contribution in [2.45, 2.75) is 18.9 Å². The summed E-state index contributed by atoms with van der Waals surface area (Å²) < 4.78 is 0. The molecule has 1 heterocycles. The van der Waals surface area contributed by atoms with Gasteiger partial charge in [-0.1, -0.05) is 29.3 Å². The Hall–Kier alpha value is -0.810. The number of hydrogen-bond acceptors (Lipinski definition) is 3. The van der Waals surface area contributed by atoms with Gasteiger partial charge in [-0.05, 0) is 25.5 Å². The Balaban J connectivity index is 1.95. The Morgan fingerprint density at radius 3 is 2.63 bits per heavy atom. The Labute approximate surface area is 122 Å². The fraction of sp³-hybridized carbons (Fsp3) is 0.462. The summed E-state index contributed by atoms with van der Waals surface area (Å²) in [5.74, 6) is -0.187. The lowest BCUT2D eigenvalue weighted by molar-refractivity contribution is -0.117. The fourth-order valence-electron chi connectivity index (χ4n) is 2.17. The number of likely N-dealkylation sites (tertiary alicyclic amines) is 1. The highest BCUT2D eigenvalue weighted by atomic mass is 35.5. The summed E-state index contributed by atoms with van der Waals surface area (Å²) in [5.41, 5.74) is -0.274. The third kappa shape index (κ3) is 3.83. The number of hydrogen-bond donors (Lipinski definition) is 2. The van der Waals surface area contributed by atoms with E-state index in [1.165, 1.54) is 0 Å². The van der Waals surface area contributed by atoms with Crippen molar-refractivity contribution in [3.8, 4) is 0 Å². The van der Waals surface area contributed by atoms with E-state index in [0.717, 1.165) is 0 Å². The summed E-state index contributed by atoms with van der Waals surface area (Å²) in [6, 6.07) is 5.06. The number of carbonyl (C=O) groups excluding carboxylic acids is 1. The van der Waals surface area contributed by atoms with Gasteiger partial charge in [-0.25, -0.2) is 0 Å². The lowest BCUT2D eigenvalue weighted by atomic mass is 10.1. The summed E-state index contributed by atoms with van der Waals surface area (Å²) in [6.45, 7) is 3.20. The van der Waals surface area contributed by atoms with Crippen molar-refractivity contribution in [1.82, 2.24) is 4.90 Å². The zero-order chi connectivity index (χ0) is 14.0. The zero-order valence-electron chi connectivity index (χ0n) is 10.6. The van der Waals surface area contributed by atoms with Gasteiger partial charge in [0.1, 0.15) is 0 Å². The maximum atomic E-state index is 11.9. The van der Waals surface area contributed by atoms with Crippen LogP contribution >= 0.6 is 23.2 Å². The number of nitrogens with zero attached hydrogens (tertiary/aromatic N) is 1. The van der Waals surface area contributed by atoms with E-state index in [2.05, 4.69) is 5.32 Å². The smallest absolute Gasteiger partial charge is 0.238 e. The molecule has 0 aliphatic carbocycles. The number of halogens is 2. The molecule has 1 aliphatic rings. The van der Waals surface area contributed by atoms with Crippen LogP contribution in [0.4, 0.5) is 5.69 Å². The highest BCUT2D eigenvalue weighted by molar-refractivity contribution is 6.39. The first-order valence-electron chi connectivity index (χ1n) is 6.06. The molecule has 0 radical (unpaired) electrons. The molecular weight excluding hydrogens is 287 g/mol. The van der Waals surface area contributed by atoms with Gasteiger partial charge in [0, 0.05) is 13.1 Å². The van der Waals surface area contributed by atoms with Crippen molar-refractivity contribution < 1.29 is 9.90 Å². The van der Waals surface area contributed by atoms with E-state index in [9.17, 15) is 9.90 Å². The number of rotatable bonds is 3. The van der Waals surface area contributed by atoms with Gasteiger partial charge in [0.2, 0.25) is 5.91 Å². The van der Waals surface area contributed by atoms with Crippen LogP contribution in [0.3, 0.4) is 0 Å². The van der Waals surface area contributed by atoms with Crippen LogP contribution in [0.5, 0.6) is 0 Å². The van der Waals surface area contributed by atoms with Gasteiger partial charge < -0.3 is 10.4 Å². The van der Waals surface area contributed by atoms with Crippen LogP contribution in [-0.2, 0) is 4.79 Å². The molecule has 1 aliphatic heterocycles. The van der Waals surface area contributed by atoms with E-state index in [1.54, 1.807) is 25.1 Å². The Bertz CT molecular complexity index is 471. The maximum absolute atomic E-state index is 11.9.